The van der Waals surface area contributed by atoms with Crippen LogP contribution in [0, 0.1) is 6.92 Å². The summed E-state index contributed by atoms with van der Waals surface area (Å²) in [6.45, 7) is 8.82. The van der Waals surface area contributed by atoms with E-state index in [1.807, 2.05) is 24.0 Å². The molecule has 0 N–H and O–H groups in total. The van der Waals surface area contributed by atoms with Gasteiger partial charge in [0, 0.05) is 26.2 Å². The minimum atomic E-state index is -0.766. The van der Waals surface area contributed by atoms with Crippen molar-refractivity contribution in [2.24, 2.45) is 0 Å². The molecule has 172 valence electrons. The maximum atomic E-state index is 13.8. The lowest BCUT2D eigenvalue weighted by atomic mass is 9.90. The van der Waals surface area contributed by atoms with Crippen molar-refractivity contribution in [3.63, 3.8) is 0 Å². The fourth-order valence-electron chi connectivity index (χ4n) is 4.86. The Kier molecular flexibility index (Phi) is 7.48. The molecule has 1 spiro atoms. The van der Waals surface area contributed by atoms with Crippen molar-refractivity contribution in [3.8, 4) is 5.75 Å². The zero-order valence-electron chi connectivity index (χ0n) is 19.5. The van der Waals surface area contributed by atoms with Crippen LogP contribution < -0.4 is 4.74 Å². The lowest BCUT2D eigenvalue weighted by Crippen LogP contribution is -2.60. The van der Waals surface area contributed by atoms with Crippen LogP contribution in [0.2, 0.25) is 0 Å². The largest absolute Gasteiger partial charge is 0.491 e. The first kappa shape index (κ1) is 22.8. The Morgan fingerprint density at radius 1 is 1.00 bits per heavy atom. The van der Waals surface area contributed by atoms with E-state index in [9.17, 15) is 4.79 Å². The molecule has 0 bridgehead atoms. The molecule has 0 saturated carbocycles. The monoisotopic (exact) mass is 436 g/mol. The lowest BCUT2D eigenvalue weighted by Gasteiger charge is -2.44. The summed E-state index contributed by atoms with van der Waals surface area (Å²) in [6.07, 6.45) is 3.69. The second-order valence-corrected chi connectivity index (χ2v) is 9.09. The van der Waals surface area contributed by atoms with Gasteiger partial charge in [-0.25, -0.2) is 0 Å². The number of amides is 1. The molecule has 1 atom stereocenters. The summed E-state index contributed by atoms with van der Waals surface area (Å²) in [5.74, 6) is 1.07. The first-order valence-corrected chi connectivity index (χ1v) is 12.0. The van der Waals surface area contributed by atoms with Gasteiger partial charge < -0.3 is 14.4 Å². The molecule has 1 unspecified atom stereocenters. The summed E-state index contributed by atoms with van der Waals surface area (Å²) < 4.78 is 12.4. The quantitative estimate of drug-likeness (QED) is 0.723. The van der Waals surface area contributed by atoms with Gasteiger partial charge >= 0.3 is 0 Å². The van der Waals surface area contributed by atoms with Gasteiger partial charge in [-0.05, 0) is 56.7 Å². The molecule has 0 aliphatic carbocycles. The molecule has 32 heavy (non-hydrogen) atoms. The molecular formula is C27H36N2O3. The van der Waals surface area contributed by atoms with E-state index in [1.54, 1.807) is 0 Å². The van der Waals surface area contributed by atoms with Gasteiger partial charge in [0.05, 0.1) is 13.2 Å². The number of para-hydroxylation sites is 1. The molecule has 2 aliphatic heterocycles. The standard InChI is InChI=1S/C27H36N2O3/c1-3-29-17-18-31-25-10-5-4-8-24(25)9-6-7-15-27(26(29)30)21-28(16-19-32-27)20-23-13-11-22(2)12-14-23/h4-5,8,10-14H,3,6-7,9,15-21H2,1-2H3. The summed E-state index contributed by atoms with van der Waals surface area (Å²) in [7, 11) is 0. The second kappa shape index (κ2) is 10.5. The van der Waals surface area contributed by atoms with Gasteiger partial charge in [0.2, 0.25) is 0 Å². The van der Waals surface area contributed by atoms with E-state index in [4.69, 9.17) is 9.47 Å². The van der Waals surface area contributed by atoms with Crippen molar-refractivity contribution in [1.29, 1.82) is 0 Å². The van der Waals surface area contributed by atoms with E-state index in [-0.39, 0.29) is 5.91 Å². The number of hydrogen-bond donors (Lipinski definition) is 0. The van der Waals surface area contributed by atoms with Crippen molar-refractivity contribution in [2.45, 2.75) is 51.7 Å². The highest BCUT2D eigenvalue weighted by atomic mass is 16.5. The van der Waals surface area contributed by atoms with Crippen LogP contribution in [0.3, 0.4) is 0 Å². The third kappa shape index (κ3) is 5.33. The Bertz CT molecular complexity index is 898. The first-order chi connectivity index (χ1) is 15.6. The van der Waals surface area contributed by atoms with Crippen molar-refractivity contribution in [3.05, 3.63) is 65.2 Å². The Labute approximate surface area is 192 Å². The molecule has 5 heteroatoms. The number of fused-ring (bicyclic) bond motifs is 1. The normalized spacial score (nSPS) is 23.2. The number of carbonyl (C=O) groups excluding carboxylic acids is 1. The predicted octanol–water partition coefficient (Wildman–Crippen LogP) is 4.22. The van der Waals surface area contributed by atoms with Crippen molar-refractivity contribution >= 4 is 5.91 Å². The third-order valence-corrected chi connectivity index (χ3v) is 6.72. The summed E-state index contributed by atoms with van der Waals surface area (Å²) in [5, 5.41) is 0. The van der Waals surface area contributed by atoms with Crippen molar-refractivity contribution < 1.29 is 14.3 Å². The van der Waals surface area contributed by atoms with Crippen LogP contribution >= 0.6 is 0 Å². The van der Waals surface area contributed by atoms with E-state index in [0.717, 1.165) is 44.5 Å². The van der Waals surface area contributed by atoms with Crippen LogP contribution in [0.25, 0.3) is 0 Å². The van der Waals surface area contributed by atoms with E-state index in [0.29, 0.717) is 32.8 Å². The molecule has 1 amide bonds. The number of morpholine rings is 1. The minimum Gasteiger partial charge on any atom is -0.491 e. The highest BCUT2D eigenvalue weighted by Crippen LogP contribution is 2.30. The van der Waals surface area contributed by atoms with Crippen LogP contribution in [0.5, 0.6) is 5.75 Å². The molecule has 2 aromatic carbocycles. The Hall–Kier alpha value is -2.37. The van der Waals surface area contributed by atoms with Gasteiger partial charge in [-0.3, -0.25) is 9.69 Å². The van der Waals surface area contributed by atoms with E-state index < -0.39 is 5.60 Å². The molecule has 0 radical (unpaired) electrons. The average Bonchev–Trinajstić information content (AvgIpc) is 2.81. The third-order valence-electron chi connectivity index (χ3n) is 6.72. The zero-order chi connectivity index (χ0) is 22.4. The molecule has 1 fully saturated rings. The number of ether oxygens (including phenoxy) is 2. The summed E-state index contributed by atoms with van der Waals surface area (Å²) in [4.78, 5) is 18.1. The minimum absolute atomic E-state index is 0.117. The molecular weight excluding hydrogens is 400 g/mol. The molecule has 2 aromatic rings. The second-order valence-electron chi connectivity index (χ2n) is 9.09. The van der Waals surface area contributed by atoms with E-state index in [2.05, 4.69) is 48.2 Å². The zero-order valence-corrected chi connectivity index (χ0v) is 19.5. The van der Waals surface area contributed by atoms with Gasteiger partial charge in [0.25, 0.3) is 5.91 Å². The molecule has 1 saturated heterocycles. The predicted molar refractivity (Wildman–Crippen MR) is 127 cm³/mol. The lowest BCUT2D eigenvalue weighted by molar-refractivity contribution is -0.173. The van der Waals surface area contributed by atoms with Crippen LogP contribution in [0.15, 0.2) is 48.5 Å². The van der Waals surface area contributed by atoms with E-state index in [1.165, 1.54) is 16.7 Å². The summed E-state index contributed by atoms with van der Waals surface area (Å²) in [5.41, 5.74) is 3.04. The molecule has 4 rings (SSSR count). The number of likely N-dealkylation sites (N-methyl/N-ethyl adjacent to an activating group) is 1. The summed E-state index contributed by atoms with van der Waals surface area (Å²) >= 11 is 0. The molecule has 2 aliphatic rings. The fourth-order valence-corrected chi connectivity index (χ4v) is 4.86. The highest BCUT2D eigenvalue weighted by molar-refractivity contribution is 5.85. The Morgan fingerprint density at radius 3 is 2.62 bits per heavy atom. The van der Waals surface area contributed by atoms with Crippen molar-refractivity contribution in [2.75, 3.05) is 39.4 Å². The fraction of sp³-hybridized carbons (Fsp3) is 0.519. The Balaban J connectivity index is 1.52. The smallest absolute Gasteiger partial charge is 0.256 e. The van der Waals surface area contributed by atoms with Gasteiger partial charge in [-0.1, -0.05) is 48.0 Å². The topological polar surface area (TPSA) is 42.0 Å². The maximum absolute atomic E-state index is 13.8. The molecule has 2 heterocycles. The number of hydrogen-bond acceptors (Lipinski definition) is 4. The van der Waals surface area contributed by atoms with E-state index >= 15 is 0 Å². The van der Waals surface area contributed by atoms with Gasteiger partial charge in [-0.2, -0.15) is 0 Å². The molecule has 5 nitrogen and oxygen atoms in total. The number of carbonyl (C=O) groups is 1. The van der Waals surface area contributed by atoms with Gasteiger partial charge in [0.15, 0.2) is 5.60 Å². The number of rotatable bonds is 3. The van der Waals surface area contributed by atoms with Crippen molar-refractivity contribution in [1.82, 2.24) is 9.80 Å². The maximum Gasteiger partial charge on any atom is 0.256 e. The van der Waals surface area contributed by atoms with Crippen LogP contribution in [0.1, 0.15) is 42.9 Å². The number of nitrogens with zero attached hydrogens (tertiary/aromatic N) is 2. The molecule has 0 aromatic heterocycles. The number of benzene rings is 2. The average molecular weight is 437 g/mol. The Morgan fingerprint density at radius 2 is 1.81 bits per heavy atom. The SMILES string of the molecule is CCN1CCOc2ccccc2CCCCC2(CN(Cc3ccc(C)cc3)CCO2)C1=O. The van der Waals surface area contributed by atoms with Gasteiger partial charge in [0.1, 0.15) is 12.4 Å². The van der Waals surface area contributed by atoms with Crippen LogP contribution in [-0.2, 0) is 22.5 Å². The first-order valence-electron chi connectivity index (χ1n) is 12.0. The van der Waals surface area contributed by atoms with Gasteiger partial charge in [-0.15, -0.1) is 0 Å². The number of aryl methyl sites for hydroxylation is 2. The highest BCUT2D eigenvalue weighted by Gasteiger charge is 2.45. The van der Waals surface area contributed by atoms with Crippen LogP contribution in [-0.4, -0.2) is 60.7 Å². The van der Waals surface area contributed by atoms with Crippen LogP contribution in [0.4, 0.5) is 0 Å². The summed E-state index contributed by atoms with van der Waals surface area (Å²) in [6, 6.07) is 17.0.